The molecule has 29 heavy (non-hydrogen) atoms. The van der Waals surface area contributed by atoms with Crippen LogP contribution in [0.25, 0.3) is 10.6 Å². The molecule has 150 valence electrons. The fraction of sp³-hybridized carbons (Fsp3) is 0.273. The summed E-state index contributed by atoms with van der Waals surface area (Å²) in [6.07, 6.45) is 3.21. The average molecular weight is 413 g/mol. The van der Waals surface area contributed by atoms with Gasteiger partial charge in [-0.25, -0.2) is 13.8 Å². The zero-order chi connectivity index (χ0) is 20.2. The van der Waals surface area contributed by atoms with E-state index in [-0.39, 0.29) is 23.6 Å². The van der Waals surface area contributed by atoms with Gasteiger partial charge in [-0.3, -0.25) is 9.69 Å². The minimum absolute atomic E-state index is 0.103. The molecule has 4 rings (SSSR count). The number of hydrogen-bond donors (Lipinski definition) is 1. The van der Waals surface area contributed by atoms with Gasteiger partial charge in [0.15, 0.2) is 0 Å². The van der Waals surface area contributed by atoms with Crippen molar-refractivity contribution in [3.8, 4) is 10.6 Å². The van der Waals surface area contributed by atoms with Crippen LogP contribution in [0.15, 0.2) is 54.7 Å². The summed E-state index contributed by atoms with van der Waals surface area (Å²) in [4.78, 5) is 19.6. The van der Waals surface area contributed by atoms with E-state index in [0.717, 1.165) is 38.0 Å². The highest BCUT2D eigenvalue weighted by molar-refractivity contribution is 7.16. The second kappa shape index (κ2) is 8.80. The maximum Gasteiger partial charge on any atom is 0.263 e. The predicted octanol–water partition coefficient (Wildman–Crippen LogP) is 4.48. The quantitative estimate of drug-likeness (QED) is 0.671. The molecule has 0 saturated carbocycles. The number of hydrogen-bond acceptors (Lipinski definition) is 4. The van der Waals surface area contributed by atoms with Gasteiger partial charge in [0.2, 0.25) is 0 Å². The van der Waals surface area contributed by atoms with Crippen molar-refractivity contribution in [3.05, 3.63) is 76.8 Å². The molecule has 4 nitrogen and oxygen atoms in total. The van der Waals surface area contributed by atoms with Gasteiger partial charge in [0, 0.05) is 31.2 Å². The highest BCUT2D eigenvalue weighted by Crippen LogP contribution is 2.27. The molecule has 1 aromatic heterocycles. The molecule has 0 aliphatic carbocycles. The Morgan fingerprint density at radius 2 is 1.83 bits per heavy atom. The standard InChI is InChI=1S/C22H21F2N3OS/c23-16-7-5-15(6-8-16)14-27-11-9-17(10-12-27)26-21(28)20-13-25-22(29-20)18-3-1-2-4-19(18)24/h1-8,13,17H,9-12,14H2,(H,26,28). The Morgan fingerprint density at radius 3 is 2.55 bits per heavy atom. The topological polar surface area (TPSA) is 45.2 Å². The maximum absolute atomic E-state index is 13.9. The Morgan fingerprint density at radius 1 is 1.10 bits per heavy atom. The van der Waals surface area contributed by atoms with E-state index in [0.29, 0.717) is 15.4 Å². The summed E-state index contributed by atoms with van der Waals surface area (Å²) in [5.74, 6) is -0.735. The molecule has 3 aromatic rings. The maximum atomic E-state index is 13.9. The minimum Gasteiger partial charge on any atom is -0.348 e. The Labute approximate surface area is 172 Å². The second-order valence-corrected chi connectivity index (χ2v) is 8.19. The van der Waals surface area contributed by atoms with E-state index in [1.807, 2.05) is 0 Å². The van der Waals surface area contributed by atoms with Crippen molar-refractivity contribution in [2.24, 2.45) is 0 Å². The molecule has 1 aliphatic heterocycles. The first-order valence-electron chi connectivity index (χ1n) is 9.57. The van der Waals surface area contributed by atoms with Gasteiger partial charge in [-0.2, -0.15) is 0 Å². The lowest BCUT2D eigenvalue weighted by atomic mass is 10.0. The number of rotatable bonds is 5. The smallest absolute Gasteiger partial charge is 0.263 e. The molecule has 0 spiro atoms. The summed E-state index contributed by atoms with van der Waals surface area (Å²) < 4.78 is 26.9. The van der Waals surface area contributed by atoms with Crippen LogP contribution in [0.5, 0.6) is 0 Å². The van der Waals surface area contributed by atoms with Crippen molar-refractivity contribution in [2.75, 3.05) is 13.1 Å². The molecule has 1 amide bonds. The normalized spacial score (nSPS) is 15.4. The average Bonchev–Trinajstić information content (AvgIpc) is 3.22. The number of aromatic nitrogens is 1. The van der Waals surface area contributed by atoms with Gasteiger partial charge in [0.25, 0.3) is 5.91 Å². The Kier molecular flexibility index (Phi) is 5.97. The SMILES string of the molecule is O=C(NC1CCN(Cc2ccc(F)cc2)CC1)c1cnc(-c2ccccc2F)s1. The summed E-state index contributed by atoms with van der Waals surface area (Å²) >= 11 is 1.20. The first kappa shape index (κ1) is 19.7. The van der Waals surface area contributed by atoms with Crippen LogP contribution < -0.4 is 5.32 Å². The third kappa shape index (κ3) is 4.86. The largest absolute Gasteiger partial charge is 0.348 e. The number of nitrogens with zero attached hydrogens (tertiary/aromatic N) is 2. The van der Waals surface area contributed by atoms with Crippen molar-refractivity contribution in [1.29, 1.82) is 0 Å². The molecular formula is C22H21F2N3OS. The van der Waals surface area contributed by atoms with Gasteiger partial charge >= 0.3 is 0 Å². The monoisotopic (exact) mass is 413 g/mol. The second-order valence-electron chi connectivity index (χ2n) is 7.16. The molecule has 1 fully saturated rings. The van der Waals surface area contributed by atoms with Crippen LogP contribution in [0.4, 0.5) is 8.78 Å². The number of thiazole rings is 1. The zero-order valence-corrected chi connectivity index (χ0v) is 16.6. The lowest BCUT2D eigenvalue weighted by Gasteiger charge is -2.32. The molecule has 0 atom stereocenters. The highest BCUT2D eigenvalue weighted by Gasteiger charge is 2.22. The molecule has 2 heterocycles. The Bertz CT molecular complexity index is 982. The molecule has 1 N–H and O–H groups in total. The van der Waals surface area contributed by atoms with Crippen LogP contribution >= 0.6 is 11.3 Å². The van der Waals surface area contributed by atoms with Crippen LogP contribution in [0.3, 0.4) is 0 Å². The number of benzene rings is 2. The van der Waals surface area contributed by atoms with Gasteiger partial charge in [-0.05, 0) is 42.7 Å². The van der Waals surface area contributed by atoms with Crippen LogP contribution in [0.2, 0.25) is 0 Å². The minimum atomic E-state index is -0.345. The number of carbonyl (C=O) groups is 1. The summed E-state index contributed by atoms with van der Waals surface area (Å²) in [6.45, 7) is 2.51. The summed E-state index contributed by atoms with van der Waals surface area (Å²) in [7, 11) is 0. The molecule has 0 radical (unpaired) electrons. The van der Waals surface area contributed by atoms with Gasteiger partial charge in [0.1, 0.15) is 21.5 Å². The lowest BCUT2D eigenvalue weighted by Crippen LogP contribution is -2.44. The van der Waals surface area contributed by atoms with E-state index >= 15 is 0 Å². The van der Waals surface area contributed by atoms with Crippen molar-refractivity contribution in [3.63, 3.8) is 0 Å². The van der Waals surface area contributed by atoms with Gasteiger partial charge in [-0.15, -0.1) is 11.3 Å². The summed E-state index contributed by atoms with van der Waals surface area (Å²) in [5.41, 5.74) is 1.49. The molecule has 0 bridgehead atoms. The first-order chi connectivity index (χ1) is 14.1. The zero-order valence-electron chi connectivity index (χ0n) is 15.8. The van der Waals surface area contributed by atoms with Crippen molar-refractivity contribution < 1.29 is 13.6 Å². The molecule has 0 unspecified atom stereocenters. The van der Waals surface area contributed by atoms with E-state index < -0.39 is 0 Å². The van der Waals surface area contributed by atoms with Gasteiger partial charge in [0.05, 0.1) is 6.20 Å². The van der Waals surface area contributed by atoms with Gasteiger partial charge < -0.3 is 5.32 Å². The number of carbonyl (C=O) groups excluding carboxylic acids is 1. The summed E-state index contributed by atoms with van der Waals surface area (Å²) in [6, 6.07) is 13.1. The molecule has 2 aromatic carbocycles. The lowest BCUT2D eigenvalue weighted by molar-refractivity contribution is 0.0913. The first-order valence-corrected chi connectivity index (χ1v) is 10.4. The van der Waals surface area contributed by atoms with E-state index in [2.05, 4.69) is 15.2 Å². The van der Waals surface area contributed by atoms with Gasteiger partial charge in [-0.1, -0.05) is 24.3 Å². The van der Waals surface area contributed by atoms with Crippen molar-refractivity contribution in [2.45, 2.75) is 25.4 Å². The third-order valence-electron chi connectivity index (χ3n) is 5.08. The van der Waals surface area contributed by atoms with Crippen LogP contribution in [0.1, 0.15) is 28.1 Å². The van der Waals surface area contributed by atoms with E-state index in [1.165, 1.54) is 35.7 Å². The van der Waals surface area contributed by atoms with Crippen LogP contribution in [-0.2, 0) is 6.54 Å². The fourth-order valence-electron chi connectivity index (χ4n) is 3.48. The number of nitrogens with one attached hydrogen (secondary N) is 1. The number of amides is 1. The van der Waals surface area contributed by atoms with Crippen molar-refractivity contribution in [1.82, 2.24) is 15.2 Å². The Balaban J connectivity index is 1.30. The number of piperidine rings is 1. The summed E-state index contributed by atoms with van der Waals surface area (Å²) in [5, 5.41) is 3.57. The highest BCUT2D eigenvalue weighted by atomic mass is 32.1. The predicted molar refractivity (Wildman–Crippen MR) is 110 cm³/mol. The van der Waals surface area contributed by atoms with Crippen LogP contribution in [-0.4, -0.2) is 34.9 Å². The number of halogens is 2. The number of likely N-dealkylation sites (tertiary alicyclic amines) is 1. The third-order valence-corrected chi connectivity index (χ3v) is 6.11. The fourth-order valence-corrected chi connectivity index (χ4v) is 4.32. The Hall–Kier alpha value is -2.64. The molecule has 1 saturated heterocycles. The van der Waals surface area contributed by atoms with Crippen molar-refractivity contribution >= 4 is 17.2 Å². The van der Waals surface area contributed by atoms with E-state index in [9.17, 15) is 13.6 Å². The van der Waals surface area contributed by atoms with Crippen LogP contribution in [0, 0.1) is 11.6 Å². The van der Waals surface area contributed by atoms with E-state index in [1.54, 1.807) is 30.3 Å². The molecular weight excluding hydrogens is 392 g/mol. The van der Waals surface area contributed by atoms with E-state index in [4.69, 9.17) is 0 Å². The molecule has 1 aliphatic rings. The molecule has 7 heteroatoms.